The maximum absolute atomic E-state index is 12.2. The van der Waals surface area contributed by atoms with Crippen LogP contribution < -0.4 is 5.32 Å². The summed E-state index contributed by atoms with van der Waals surface area (Å²) in [7, 11) is 1.77. The molecular weight excluding hydrogens is 268 g/mol. The smallest absolute Gasteiger partial charge is 0.326 e. The first-order valence-electron chi connectivity index (χ1n) is 8.16. The van der Waals surface area contributed by atoms with Crippen LogP contribution in [0.4, 0.5) is 4.79 Å². The third kappa shape index (κ3) is 3.69. The van der Waals surface area contributed by atoms with Crippen LogP contribution in [-0.2, 0) is 4.79 Å². The fourth-order valence-corrected chi connectivity index (χ4v) is 3.96. The lowest BCUT2D eigenvalue weighted by molar-refractivity contribution is -0.140. The molecule has 0 radical (unpaired) electrons. The minimum absolute atomic E-state index is 0.0673. The van der Waals surface area contributed by atoms with E-state index in [1.54, 1.807) is 11.9 Å². The van der Waals surface area contributed by atoms with Gasteiger partial charge in [0.05, 0.1) is 0 Å². The van der Waals surface area contributed by atoms with Gasteiger partial charge in [-0.15, -0.1) is 0 Å². The monoisotopic (exact) mass is 296 g/mol. The molecule has 5 heteroatoms. The number of nitrogens with one attached hydrogen (secondary N) is 1. The maximum Gasteiger partial charge on any atom is 0.326 e. The highest BCUT2D eigenvalue weighted by Gasteiger charge is 2.40. The highest BCUT2D eigenvalue weighted by Crippen LogP contribution is 2.48. The van der Waals surface area contributed by atoms with Crippen LogP contribution in [0.15, 0.2) is 0 Å². The lowest BCUT2D eigenvalue weighted by Crippen LogP contribution is -2.50. The average molecular weight is 296 g/mol. The van der Waals surface area contributed by atoms with E-state index in [4.69, 9.17) is 0 Å². The fourth-order valence-electron chi connectivity index (χ4n) is 3.96. The molecule has 0 spiro atoms. The van der Waals surface area contributed by atoms with Crippen molar-refractivity contribution in [1.29, 1.82) is 0 Å². The molecule has 0 aromatic heterocycles. The maximum atomic E-state index is 12.2. The van der Waals surface area contributed by atoms with Crippen LogP contribution in [0.5, 0.6) is 0 Å². The molecule has 2 N–H and O–H groups in total. The van der Waals surface area contributed by atoms with Gasteiger partial charge in [-0.1, -0.05) is 26.7 Å². The average Bonchev–Trinajstić information content (AvgIpc) is 3.05. The minimum Gasteiger partial charge on any atom is -0.480 e. The quantitative estimate of drug-likeness (QED) is 0.791. The van der Waals surface area contributed by atoms with Crippen molar-refractivity contribution in [3.05, 3.63) is 0 Å². The summed E-state index contributed by atoms with van der Waals surface area (Å²) in [5.74, 6) is 1.22. The number of carbonyl (C=O) groups is 2. The molecule has 2 aliphatic carbocycles. The number of carboxylic acids is 1. The van der Waals surface area contributed by atoms with E-state index < -0.39 is 12.0 Å². The fraction of sp³-hybridized carbons (Fsp3) is 0.875. The molecule has 0 aromatic rings. The molecule has 0 aliphatic heterocycles. The Balaban J connectivity index is 1.85. The van der Waals surface area contributed by atoms with Crippen molar-refractivity contribution in [2.75, 3.05) is 13.6 Å². The molecule has 5 atom stereocenters. The van der Waals surface area contributed by atoms with Crippen molar-refractivity contribution < 1.29 is 14.7 Å². The van der Waals surface area contributed by atoms with Crippen molar-refractivity contribution in [2.45, 2.75) is 52.0 Å². The molecule has 2 fully saturated rings. The van der Waals surface area contributed by atoms with E-state index in [0.717, 1.165) is 24.8 Å². The molecule has 5 nitrogen and oxygen atoms in total. The number of urea groups is 1. The molecule has 4 unspecified atom stereocenters. The van der Waals surface area contributed by atoms with E-state index in [9.17, 15) is 14.7 Å². The Morgan fingerprint density at radius 3 is 2.52 bits per heavy atom. The largest absolute Gasteiger partial charge is 0.480 e. The normalized spacial score (nSPS) is 30.0. The van der Waals surface area contributed by atoms with Crippen LogP contribution in [0.2, 0.25) is 0 Å². The molecule has 2 saturated carbocycles. The van der Waals surface area contributed by atoms with Crippen LogP contribution >= 0.6 is 0 Å². The van der Waals surface area contributed by atoms with E-state index in [1.165, 1.54) is 25.7 Å². The van der Waals surface area contributed by atoms with Gasteiger partial charge in [-0.2, -0.15) is 0 Å². The number of hydrogen-bond acceptors (Lipinski definition) is 2. The topological polar surface area (TPSA) is 69.6 Å². The van der Waals surface area contributed by atoms with Crippen molar-refractivity contribution in [3.63, 3.8) is 0 Å². The highest BCUT2D eigenvalue weighted by molar-refractivity contribution is 5.82. The molecule has 0 saturated heterocycles. The Morgan fingerprint density at radius 2 is 2.05 bits per heavy atom. The van der Waals surface area contributed by atoms with Crippen LogP contribution in [-0.4, -0.2) is 41.6 Å². The Morgan fingerprint density at radius 1 is 1.33 bits per heavy atom. The van der Waals surface area contributed by atoms with Crippen LogP contribution in [0, 0.1) is 23.7 Å². The molecule has 2 bridgehead atoms. The summed E-state index contributed by atoms with van der Waals surface area (Å²) in [6.45, 7) is 4.54. The predicted molar refractivity (Wildman–Crippen MR) is 81.0 cm³/mol. The summed E-state index contributed by atoms with van der Waals surface area (Å²) in [5.41, 5.74) is 0. The molecule has 2 aliphatic rings. The Labute approximate surface area is 127 Å². The van der Waals surface area contributed by atoms with Crippen LogP contribution in [0.25, 0.3) is 0 Å². The van der Waals surface area contributed by atoms with Gasteiger partial charge in [0.15, 0.2) is 0 Å². The summed E-state index contributed by atoms with van der Waals surface area (Å²) in [5, 5.41) is 11.9. The minimum atomic E-state index is -0.953. The van der Waals surface area contributed by atoms with Gasteiger partial charge in [-0.25, -0.2) is 9.59 Å². The highest BCUT2D eigenvalue weighted by atomic mass is 16.4. The van der Waals surface area contributed by atoms with Crippen LogP contribution in [0.3, 0.4) is 0 Å². The number of fused-ring (bicyclic) bond motifs is 2. The van der Waals surface area contributed by atoms with Crippen LogP contribution in [0.1, 0.15) is 46.0 Å². The zero-order valence-electron chi connectivity index (χ0n) is 13.3. The standard InChI is InChI=1S/C16H28N2O3/c1-4-10(2)14(15(19)20)17-16(21)18(3)9-13-8-11-5-6-12(13)7-11/h10-14H,4-9H2,1-3H3,(H,17,21)(H,19,20)/t10?,11?,12?,13?,14-/m0/s1. The van der Waals surface area contributed by atoms with Crippen molar-refractivity contribution >= 4 is 12.0 Å². The van der Waals surface area contributed by atoms with E-state index in [2.05, 4.69) is 5.32 Å². The zero-order chi connectivity index (χ0) is 15.6. The van der Waals surface area contributed by atoms with E-state index in [0.29, 0.717) is 5.92 Å². The van der Waals surface area contributed by atoms with Crippen molar-refractivity contribution in [1.82, 2.24) is 10.2 Å². The van der Waals surface area contributed by atoms with E-state index in [1.807, 2.05) is 13.8 Å². The van der Waals surface area contributed by atoms with Gasteiger partial charge >= 0.3 is 12.0 Å². The summed E-state index contributed by atoms with van der Waals surface area (Å²) in [6.07, 6.45) is 5.94. The van der Waals surface area contributed by atoms with E-state index >= 15 is 0 Å². The molecule has 120 valence electrons. The van der Waals surface area contributed by atoms with Crippen molar-refractivity contribution in [2.24, 2.45) is 23.7 Å². The van der Waals surface area contributed by atoms with Crippen molar-refractivity contribution in [3.8, 4) is 0 Å². The SMILES string of the molecule is CCC(C)[C@H](NC(=O)N(C)CC1CC2CCC1C2)C(=O)O. The van der Waals surface area contributed by atoms with Gasteiger partial charge in [-0.05, 0) is 42.9 Å². The number of rotatable bonds is 6. The zero-order valence-corrected chi connectivity index (χ0v) is 13.3. The second-order valence-electron chi connectivity index (χ2n) is 6.97. The van der Waals surface area contributed by atoms with Gasteiger partial charge in [-0.3, -0.25) is 0 Å². The molecule has 2 rings (SSSR count). The predicted octanol–water partition coefficient (Wildman–Crippen LogP) is 2.56. The first-order valence-corrected chi connectivity index (χ1v) is 8.16. The first kappa shape index (κ1) is 16.1. The summed E-state index contributed by atoms with van der Waals surface area (Å²) < 4.78 is 0. The van der Waals surface area contributed by atoms with Gasteiger partial charge < -0.3 is 15.3 Å². The third-order valence-electron chi connectivity index (χ3n) is 5.50. The lowest BCUT2D eigenvalue weighted by Gasteiger charge is -2.29. The Hall–Kier alpha value is -1.26. The Bertz CT molecular complexity index is 399. The number of carbonyl (C=O) groups excluding carboxylic acids is 1. The summed E-state index contributed by atoms with van der Waals surface area (Å²) in [4.78, 5) is 25.2. The van der Waals surface area contributed by atoms with Gasteiger partial charge in [0.25, 0.3) is 0 Å². The second-order valence-corrected chi connectivity index (χ2v) is 6.97. The third-order valence-corrected chi connectivity index (χ3v) is 5.50. The Kier molecular flexibility index (Phi) is 5.12. The first-order chi connectivity index (χ1) is 9.92. The lowest BCUT2D eigenvalue weighted by atomic mass is 9.88. The number of hydrogen-bond donors (Lipinski definition) is 2. The molecule has 0 heterocycles. The van der Waals surface area contributed by atoms with Gasteiger partial charge in [0, 0.05) is 13.6 Å². The number of nitrogens with zero attached hydrogens (tertiary/aromatic N) is 1. The molecule has 2 amide bonds. The second kappa shape index (κ2) is 6.67. The molecule has 21 heavy (non-hydrogen) atoms. The summed E-state index contributed by atoms with van der Waals surface area (Å²) >= 11 is 0. The number of carboxylic acid groups (broad SMARTS) is 1. The number of aliphatic carboxylic acids is 1. The van der Waals surface area contributed by atoms with E-state index in [-0.39, 0.29) is 11.9 Å². The number of amides is 2. The van der Waals surface area contributed by atoms with Gasteiger partial charge in [0.2, 0.25) is 0 Å². The molecular formula is C16H28N2O3. The summed E-state index contributed by atoms with van der Waals surface area (Å²) in [6, 6.07) is -1.06. The van der Waals surface area contributed by atoms with Gasteiger partial charge in [0.1, 0.15) is 6.04 Å². The molecule has 0 aromatic carbocycles.